The molecular weight excluding hydrogens is 206 g/mol. The summed E-state index contributed by atoms with van der Waals surface area (Å²) in [5.41, 5.74) is 0. The normalized spacial score (nSPS) is 18.2. The Bertz CT molecular complexity index is 242. The van der Waals surface area contributed by atoms with Gasteiger partial charge in [-0.1, -0.05) is 18.2 Å². The van der Waals surface area contributed by atoms with Crippen LogP contribution in [0.15, 0.2) is 24.3 Å². The molecule has 1 aliphatic rings. The van der Waals surface area contributed by atoms with Crippen LogP contribution in [-0.4, -0.2) is 22.5 Å². The molecule has 3 heteroatoms. The van der Waals surface area contributed by atoms with Crippen LogP contribution >= 0.6 is 11.9 Å². The molecule has 0 amide bonds. The van der Waals surface area contributed by atoms with E-state index in [1.54, 1.807) is 6.08 Å². The van der Waals surface area contributed by atoms with Crippen LogP contribution in [-0.2, 0) is 4.79 Å². The van der Waals surface area contributed by atoms with E-state index in [4.69, 9.17) is 0 Å². The molecule has 0 atom stereocenters. The van der Waals surface area contributed by atoms with Gasteiger partial charge in [-0.3, -0.25) is 4.79 Å². The lowest BCUT2D eigenvalue weighted by molar-refractivity contribution is -0.107. The second kappa shape index (κ2) is 7.71. The van der Waals surface area contributed by atoms with Crippen LogP contribution in [0.2, 0.25) is 0 Å². The third-order valence-corrected chi connectivity index (χ3v) is 3.21. The number of unbranched alkanes of at least 4 members (excludes halogenated alkanes) is 1. The van der Waals surface area contributed by atoms with E-state index in [9.17, 15) is 4.79 Å². The molecule has 0 unspecified atom stereocenters. The Morgan fingerprint density at radius 3 is 2.60 bits per heavy atom. The SMILES string of the molecule is C/C=C/CC/C=C/C(=O)SN1CCCC1. The summed E-state index contributed by atoms with van der Waals surface area (Å²) in [5.74, 6) is 0. The second-order valence-corrected chi connectivity index (χ2v) is 4.70. The van der Waals surface area contributed by atoms with Crippen molar-refractivity contribution in [1.82, 2.24) is 4.31 Å². The van der Waals surface area contributed by atoms with E-state index < -0.39 is 0 Å². The molecule has 0 radical (unpaired) electrons. The number of hydrogen-bond donors (Lipinski definition) is 0. The smallest absolute Gasteiger partial charge is 0.226 e. The predicted octanol–water partition coefficient (Wildman–Crippen LogP) is 3.17. The monoisotopic (exact) mass is 225 g/mol. The molecular formula is C12H19NOS. The molecule has 1 fully saturated rings. The summed E-state index contributed by atoms with van der Waals surface area (Å²) in [7, 11) is 0. The second-order valence-electron chi connectivity index (χ2n) is 3.60. The zero-order valence-electron chi connectivity index (χ0n) is 9.32. The summed E-state index contributed by atoms with van der Waals surface area (Å²) in [6, 6.07) is 0. The van der Waals surface area contributed by atoms with Crippen LogP contribution in [0.3, 0.4) is 0 Å². The molecule has 1 rings (SSSR count). The van der Waals surface area contributed by atoms with Gasteiger partial charge in [0.25, 0.3) is 0 Å². The van der Waals surface area contributed by atoms with Gasteiger partial charge in [-0.15, -0.1) is 0 Å². The maximum atomic E-state index is 11.4. The highest BCUT2D eigenvalue weighted by Gasteiger charge is 2.14. The van der Waals surface area contributed by atoms with Gasteiger partial charge in [-0.05, 0) is 38.7 Å². The zero-order chi connectivity index (χ0) is 10.9. The highest BCUT2D eigenvalue weighted by atomic mass is 32.2. The summed E-state index contributed by atoms with van der Waals surface area (Å²) >= 11 is 1.36. The van der Waals surface area contributed by atoms with Crippen molar-refractivity contribution in [1.29, 1.82) is 0 Å². The first-order chi connectivity index (χ1) is 7.33. The number of hydrogen-bond acceptors (Lipinski definition) is 3. The van der Waals surface area contributed by atoms with Gasteiger partial charge in [0.1, 0.15) is 0 Å². The van der Waals surface area contributed by atoms with Crippen molar-refractivity contribution in [2.45, 2.75) is 32.6 Å². The third kappa shape index (κ3) is 5.80. The van der Waals surface area contributed by atoms with Crippen molar-refractivity contribution >= 4 is 17.1 Å². The molecule has 0 aromatic rings. The van der Waals surface area contributed by atoms with Crippen molar-refractivity contribution in [3.05, 3.63) is 24.3 Å². The van der Waals surface area contributed by atoms with Crippen LogP contribution in [0.1, 0.15) is 32.6 Å². The standard InChI is InChI=1S/C12H19NOS/c1-2-3-4-5-6-9-12(14)15-13-10-7-8-11-13/h2-3,6,9H,4-5,7-8,10-11H2,1H3/b3-2+,9-6+. The van der Waals surface area contributed by atoms with Crippen LogP contribution in [0, 0.1) is 0 Å². The van der Waals surface area contributed by atoms with Crippen LogP contribution < -0.4 is 0 Å². The highest BCUT2D eigenvalue weighted by molar-refractivity contribution is 8.12. The van der Waals surface area contributed by atoms with Gasteiger partial charge in [-0.2, -0.15) is 0 Å². The lowest BCUT2D eigenvalue weighted by Gasteiger charge is -2.09. The summed E-state index contributed by atoms with van der Waals surface area (Å²) in [6.07, 6.45) is 12.2. The summed E-state index contributed by atoms with van der Waals surface area (Å²) in [6.45, 7) is 4.13. The number of allylic oxidation sites excluding steroid dienone is 3. The van der Waals surface area contributed by atoms with Crippen molar-refractivity contribution < 1.29 is 4.79 Å². The van der Waals surface area contributed by atoms with E-state index >= 15 is 0 Å². The molecule has 0 bridgehead atoms. The Balaban J connectivity index is 2.11. The molecule has 1 heterocycles. The fraction of sp³-hybridized carbons (Fsp3) is 0.583. The molecule has 0 aromatic carbocycles. The topological polar surface area (TPSA) is 20.3 Å². The minimum atomic E-state index is 0.164. The molecule has 84 valence electrons. The van der Waals surface area contributed by atoms with E-state index in [1.807, 2.05) is 19.1 Å². The third-order valence-electron chi connectivity index (χ3n) is 2.27. The largest absolute Gasteiger partial charge is 0.281 e. The summed E-state index contributed by atoms with van der Waals surface area (Å²) < 4.78 is 2.15. The first kappa shape index (κ1) is 12.5. The van der Waals surface area contributed by atoms with E-state index in [-0.39, 0.29) is 5.12 Å². The number of carbonyl (C=O) groups is 1. The van der Waals surface area contributed by atoms with E-state index in [1.165, 1.54) is 24.8 Å². The van der Waals surface area contributed by atoms with Gasteiger partial charge in [0, 0.05) is 25.0 Å². The van der Waals surface area contributed by atoms with Gasteiger partial charge >= 0.3 is 0 Å². The van der Waals surface area contributed by atoms with Crippen molar-refractivity contribution in [2.24, 2.45) is 0 Å². The summed E-state index contributed by atoms with van der Waals surface area (Å²) in [4.78, 5) is 11.4. The molecule has 15 heavy (non-hydrogen) atoms. The van der Waals surface area contributed by atoms with Gasteiger partial charge in [0.15, 0.2) is 0 Å². The molecule has 1 aliphatic heterocycles. The Labute approximate surface area is 96.5 Å². The molecule has 0 spiro atoms. The average Bonchev–Trinajstić information content (AvgIpc) is 2.70. The maximum absolute atomic E-state index is 11.4. The Morgan fingerprint density at radius 2 is 1.93 bits per heavy atom. The Hall–Kier alpha value is -0.540. The number of nitrogens with zero attached hydrogens (tertiary/aromatic N) is 1. The highest BCUT2D eigenvalue weighted by Crippen LogP contribution is 2.19. The van der Waals surface area contributed by atoms with Crippen molar-refractivity contribution in [3.63, 3.8) is 0 Å². The molecule has 1 saturated heterocycles. The lowest BCUT2D eigenvalue weighted by atomic mass is 10.3. The fourth-order valence-electron chi connectivity index (χ4n) is 1.48. The van der Waals surface area contributed by atoms with Gasteiger partial charge < -0.3 is 0 Å². The number of carbonyl (C=O) groups excluding carboxylic acids is 1. The minimum Gasteiger partial charge on any atom is -0.281 e. The Kier molecular flexibility index (Phi) is 6.44. The van der Waals surface area contributed by atoms with E-state index in [0.29, 0.717) is 0 Å². The summed E-state index contributed by atoms with van der Waals surface area (Å²) in [5, 5.41) is 0.164. The lowest BCUT2D eigenvalue weighted by Crippen LogP contribution is -2.11. The van der Waals surface area contributed by atoms with Crippen LogP contribution in [0.25, 0.3) is 0 Å². The molecule has 0 aliphatic carbocycles. The minimum absolute atomic E-state index is 0.164. The fourth-order valence-corrected chi connectivity index (χ4v) is 2.33. The molecule has 0 aromatic heterocycles. The predicted molar refractivity (Wildman–Crippen MR) is 66.6 cm³/mol. The molecule has 0 N–H and O–H groups in total. The van der Waals surface area contributed by atoms with Crippen LogP contribution in [0.4, 0.5) is 0 Å². The van der Waals surface area contributed by atoms with Gasteiger partial charge in [-0.25, -0.2) is 4.31 Å². The van der Waals surface area contributed by atoms with Crippen molar-refractivity contribution in [2.75, 3.05) is 13.1 Å². The first-order valence-electron chi connectivity index (χ1n) is 5.57. The average molecular weight is 225 g/mol. The van der Waals surface area contributed by atoms with Crippen molar-refractivity contribution in [3.8, 4) is 0 Å². The van der Waals surface area contributed by atoms with Gasteiger partial charge in [0.05, 0.1) is 0 Å². The zero-order valence-corrected chi connectivity index (χ0v) is 10.1. The number of rotatable bonds is 5. The maximum Gasteiger partial charge on any atom is 0.226 e. The Morgan fingerprint density at radius 1 is 1.27 bits per heavy atom. The van der Waals surface area contributed by atoms with E-state index in [0.717, 1.165) is 25.9 Å². The molecule has 2 nitrogen and oxygen atoms in total. The molecule has 0 saturated carbocycles. The van der Waals surface area contributed by atoms with Gasteiger partial charge in [0.2, 0.25) is 5.12 Å². The van der Waals surface area contributed by atoms with Crippen LogP contribution in [0.5, 0.6) is 0 Å². The quantitative estimate of drug-likeness (QED) is 0.310. The first-order valence-corrected chi connectivity index (χ1v) is 6.35. The van der Waals surface area contributed by atoms with E-state index in [2.05, 4.69) is 10.4 Å².